The van der Waals surface area contributed by atoms with Crippen LogP contribution in [0.1, 0.15) is 35.7 Å². The summed E-state index contributed by atoms with van der Waals surface area (Å²) in [6.45, 7) is 4.88. The minimum absolute atomic E-state index is 0.00139. The number of sulfonamides is 1. The average Bonchev–Trinajstić information content (AvgIpc) is 2.54. The second kappa shape index (κ2) is 7.42. The van der Waals surface area contributed by atoms with Gasteiger partial charge in [0.05, 0.1) is 23.7 Å². The molecule has 0 N–H and O–H groups in total. The molecule has 0 aromatic heterocycles. The fourth-order valence-electron chi connectivity index (χ4n) is 2.85. The first-order valence-electron chi connectivity index (χ1n) is 7.71. The molecule has 0 saturated carbocycles. The Kier molecular flexibility index (Phi) is 5.78. The molecule has 1 aromatic carbocycles. The maximum atomic E-state index is 13.0. The van der Waals surface area contributed by atoms with Crippen molar-refractivity contribution in [1.29, 1.82) is 0 Å². The summed E-state index contributed by atoms with van der Waals surface area (Å²) in [5, 5.41) is 0. The lowest BCUT2D eigenvalue weighted by Crippen LogP contribution is -2.43. The Morgan fingerprint density at radius 2 is 2.13 bits per heavy atom. The maximum Gasteiger partial charge on any atom is 0.339 e. The van der Waals surface area contributed by atoms with Crippen molar-refractivity contribution in [1.82, 2.24) is 4.31 Å². The third-order valence-corrected chi connectivity index (χ3v) is 5.89. The molecule has 7 heteroatoms. The van der Waals surface area contributed by atoms with Gasteiger partial charge in [-0.25, -0.2) is 13.2 Å². The molecule has 1 atom stereocenters. The molecule has 0 bridgehead atoms. The number of rotatable bonds is 5. The van der Waals surface area contributed by atoms with Crippen molar-refractivity contribution in [3.63, 3.8) is 0 Å². The van der Waals surface area contributed by atoms with Crippen LogP contribution in [0.25, 0.3) is 0 Å². The van der Waals surface area contributed by atoms with Gasteiger partial charge in [-0.15, -0.1) is 0 Å². The highest BCUT2D eigenvalue weighted by Gasteiger charge is 2.34. The molecule has 1 aliphatic heterocycles. The minimum atomic E-state index is -3.77. The molecule has 0 unspecified atom stereocenters. The first-order chi connectivity index (χ1) is 10.9. The quantitative estimate of drug-likeness (QED) is 0.766. The van der Waals surface area contributed by atoms with Crippen molar-refractivity contribution in [3.05, 3.63) is 29.3 Å². The van der Waals surface area contributed by atoms with E-state index in [9.17, 15) is 13.2 Å². The number of piperidine rings is 1. The zero-order valence-corrected chi connectivity index (χ0v) is 14.6. The zero-order valence-electron chi connectivity index (χ0n) is 13.7. The van der Waals surface area contributed by atoms with E-state index in [1.807, 2.05) is 6.92 Å². The molecule has 1 aromatic rings. The molecular formula is C16H23NO5S. The number of hydrogen-bond acceptors (Lipinski definition) is 5. The summed E-state index contributed by atoms with van der Waals surface area (Å²) in [6.07, 6.45) is 1.48. The molecule has 1 aliphatic rings. The van der Waals surface area contributed by atoms with Gasteiger partial charge in [-0.3, -0.25) is 0 Å². The highest BCUT2D eigenvalue weighted by atomic mass is 32.2. The van der Waals surface area contributed by atoms with E-state index in [0.717, 1.165) is 12.8 Å². The van der Waals surface area contributed by atoms with Crippen molar-refractivity contribution >= 4 is 16.0 Å². The third kappa shape index (κ3) is 3.73. The van der Waals surface area contributed by atoms with Crippen molar-refractivity contribution in [2.24, 2.45) is 0 Å². The van der Waals surface area contributed by atoms with Crippen LogP contribution in [0.5, 0.6) is 0 Å². The Balaban J connectivity index is 2.40. The number of esters is 1. The highest BCUT2D eigenvalue weighted by Crippen LogP contribution is 2.26. The number of carbonyl (C=O) groups excluding carboxylic acids is 1. The average molecular weight is 341 g/mol. The number of methoxy groups -OCH3 is 1. The van der Waals surface area contributed by atoms with Crippen LogP contribution >= 0.6 is 0 Å². The molecule has 1 heterocycles. The Morgan fingerprint density at radius 3 is 2.78 bits per heavy atom. The van der Waals surface area contributed by atoms with E-state index in [2.05, 4.69) is 0 Å². The summed E-state index contributed by atoms with van der Waals surface area (Å²) < 4.78 is 37.7. The van der Waals surface area contributed by atoms with Gasteiger partial charge in [-0.05, 0) is 38.3 Å². The lowest BCUT2D eigenvalue weighted by molar-refractivity contribution is 0.0265. The lowest BCUT2D eigenvalue weighted by atomic mass is 10.1. The van der Waals surface area contributed by atoms with E-state index < -0.39 is 16.0 Å². The van der Waals surface area contributed by atoms with Crippen LogP contribution in [-0.2, 0) is 19.5 Å². The standard InChI is InChI=1S/C16H23NO5S/c1-4-22-13-8-6-10-17(11-13)23(19,20)14-9-5-7-12(2)15(14)16(18)21-3/h5,7,9,13H,4,6,8,10-11H2,1-3H3/t13-/m1/s1. The van der Waals surface area contributed by atoms with Gasteiger partial charge in [0.2, 0.25) is 10.0 Å². The molecule has 0 aliphatic carbocycles. The molecule has 6 nitrogen and oxygen atoms in total. The van der Waals surface area contributed by atoms with Crippen LogP contribution in [-0.4, -0.2) is 51.6 Å². The fraction of sp³-hybridized carbons (Fsp3) is 0.562. The normalized spacial score (nSPS) is 19.5. The van der Waals surface area contributed by atoms with Crippen molar-refractivity contribution in [2.45, 2.75) is 37.7 Å². The number of ether oxygens (including phenoxy) is 2. The van der Waals surface area contributed by atoms with Crippen LogP contribution in [0, 0.1) is 6.92 Å². The topological polar surface area (TPSA) is 72.9 Å². The second-order valence-corrected chi connectivity index (χ2v) is 7.43. The van der Waals surface area contributed by atoms with Gasteiger partial charge >= 0.3 is 5.97 Å². The molecule has 2 rings (SSSR count). The van der Waals surface area contributed by atoms with Gasteiger partial charge in [0.1, 0.15) is 0 Å². The lowest BCUT2D eigenvalue weighted by Gasteiger charge is -2.32. The van der Waals surface area contributed by atoms with E-state index in [1.165, 1.54) is 17.5 Å². The molecule has 0 spiro atoms. The van der Waals surface area contributed by atoms with Crippen LogP contribution < -0.4 is 0 Å². The number of benzene rings is 1. The molecular weight excluding hydrogens is 318 g/mol. The van der Waals surface area contributed by atoms with Gasteiger partial charge < -0.3 is 9.47 Å². The van der Waals surface area contributed by atoms with Gasteiger partial charge in [0.15, 0.2) is 0 Å². The van der Waals surface area contributed by atoms with Gasteiger partial charge in [0, 0.05) is 19.7 Å². The molecule has 0 radical (unpaired) electrons. The molecule has 1 fully saturated rings. The van der Waals surface area contributed by atoms with E-state index in [-0.39, 0.29) is 16.6 Å². The predicted octanol–water partition coefficient (Wildman–Crippen LogP) is 1.97. The number of carbonyl (C=O) groups is 1. The predicted molar refractivity (Wildman–Crippen MR) is 85.9 cm³/mol. The summed E-state index contributed by atoms with van der Waals surface area (Å²) in [7, 11) is -2.52. The van der Waals surface area contributed by atoms with E-state index >= 15 is 0 Å². The Labute approximate surface area is 137 Å². The number of aryl methyl sites for hydroxylation is 1. The Hall–Kier alpha value is -1.44. The first kappa shape index (κ1) is 17.9. The number of hydrogen-bond donors (Lipinski definition) is 0. The van der Waals surface area contributed by atoms with E-state index in [4.69, 9.17) is 9.47 Å². The fourth-order valence-corrected chi connectivity index (χ4v) is 4.62. The maximum absolute atomic E-state index is 13.0. The monoisotopic (exact) mass is 341 g/mol. The van der Waals surface area contributed by atoms with Gasteiger partial charge in [-0.2, -0.15) is 4.31 Å². The molecule has 0 amide bonds. The SMILES string of the molecule is CCO[C@@H]1CCCN(S(=O)(=O)c2cccc(C)c2C(=O)OC)C1. The summed E-state index contributed by atoms with van der Waals surface area (Å²) in [5.41, 5.74) is 0.685. The summed E-state index contributed by atoms with van der Waals surface area (Å²) in [4.78, 5) is 12.0. The van der Waals surface area contributed by atoms with Crippen LogP contribution in [0.15, 0.2) is 23.1 Å². The van der Waals surface area contributed by atoms with Crippen molar-refractivity contribution in [2.75, 3.05) is 26.8 Å². The van der Waals surface area contributed by atoms with Gasteiger partial charge in [0.25, 0.3) is 0 Å². The summed E-state index contributed by atoms with van der Waals surface area (Å²) in [6, 6.07) is 4.79. The largest absolute Gasteiger partial charge is 0.465 e. The summed E-state index contributed by atoms with van der Waals surface area (Å²) >= 11 is 0. The van der Waals surface area contributed by atoms with Crippen molar-refractivity contribution < 1.29 is 22.7 Å². The second-order valence-electron chi connectivity index (χ2n) is 5.52. The first-order valence-corrected chi connectivity index (χ1v) is 9.15. The molecule has 1 saturated heterocycles. The highest BCUT2D eigenvalue weighted by molar-refractivity contribution is 7.89. The zero-order chi connectivity index (χ0) is 17.0. The smallest absolute Gasteiger partial charge is 0.339 e. The van der Waals surface area contributed by atoms with Crippen LogP contribution in [0.2, 0.25) is 0 Å². The Morgan fingerprint density at radius 1 is 1.39 bits per heavy atom. The van der Waals surface area contributed by atoms with Crippen LogP contribution in [0.4, 0.5) is 0 Å². The molecule has 23 heavy (non-hydrogen) atoms. The third-order valence-electron chi connectivity index (χ3n) is 3.99. The number of nitrogens with zero attached hydrogens (tertiary/aromatic N) is 1. The Bertz CT molecular complexity index is 669. The van der Waals surface area contributed by atoms with E-state index in [1.54, 1.807) is 19.1 Å². The van der Waals surface area contributed by atoms with Crippen molar-refractivity contribution in [3.8, 4) is 0 Å². The van der Waals surface area contributed by atoms with Gasteiger partial charge in [-0.1, -0.05) is 12.1 Å². The van der Waals surface area contributed by atoms with E-state index in [0.29, 0.717) is 25.3 Å². The minimum Gasteiger partial charge on any atom is -0.465 e. The summed E-state index contributed by atoms with van der Waals surface area (Å²) in [5.74, 6) is -0.639. The van der Waals surface area contributed by atoms with Crippen LogP contribution in [0.3, 0.4) is 0 Å². The molecule has 128 valence electrons.